The first kappa shape index (κ1) is 30.2. The van der Waals surface area contributed by atoms with E-state index in [0.717, 1.165) is 30.4 Å². The molecule has 2 fully saturated rings. The fraction of sp³-hybridized carbons (Fsp3) is 0.703. The Morgan fingerprint density at radius 2 is 1.59 bits per heavy atom. The Labute approximate surface area is 248 Å². The molecule has 0 radical (unpaired) electrons. The summed E-state index contributed by atoms with van der Waals surface area (Å²) >= 11 is 0. The lowest BCUT2D eigenvalue weighted by molar-refractivity contribution is -0.142. The molecule has 0 aliphatic heterocycles. The van der Waals surface area contributed by atoms with Crippen LogP contribution in [-0.2, 0) is 14.3 Å². The zero-order valence-electron chi connectivity index (χ0n) is 26.8. The second kappa shape index (κ2) is 10.5. The van der Waals surface area contributed by atoms with Crippen molar-refractivity contribution < 1.29 is 19.1 Å². The zero-order valence-corrected chi connectivity index (χ0v) is 26.8. The Morgan fingerprint density at radius 3 is 2.24 bits per heavy atom. The molecule has 0 bridgehead atoms. The lowest BCUT2D eigenvalue weighted by atomic mass is 9.42. The van der Waals surface area contributed by atoms with E-state index in [-0.39, 0.29) is 45.8 Å². The lowest BCUT2D eigenvalue weighted by Gasteiger charge is -2.60. The van der Waals surface area contributed by atoms with E-state index in [9.17, 15) is 14.4 Å². The Kier molecular flexibility index (Phi) is 7.74. The van der Waals surface area contributed by atoms with Crippen LogP contribution in [-0.4, -0.2) is 23.6 Å². The smallest absolute Gasteiger partial charge is 0.338 e. The molecule has 41 heavy (non-hydrogen) atoms. The largest absolute Gasteiger partial charge is 0.458 e. The van der Waals surface area contributed by atoms with Crippen LogP contribution in [0.1, 0.15) is 124 Å². The van der Waals surface area contributed by atoms with Crippen LogP contribution in [0.3, 0.4) is 0 Å². The number of hydrogen-bond donors (Lipinski definition) is 0. The summed E-state index contributed by atoms with van der Waals surface area (Å²) in [5.74, 6) is 1.73. The van der Waals surface area contributed by atoms with Gasteiger partial charge in [0.15, 0.2) is 11.6 Å². The fourth-order valence-corrected chi connectivity index (χ4v) is 10.1. The van der Waals surface area contributed by atoms with Gasteiger partial charge in [0.25, 0.3) is 0 Å². The van der Waals surface area contributed by atoms with Gasteiger partial charge >= 0.3 is 5.97 Å². The highest BCUT2D eigenvalue weighted by Gasteiger charge is 2.67. The van der Waals surface area contributed by atoms with Gasteiger partial charge in [0, 0.05) is 40.2 Å². The topological polar surface area (TPSA) is 60.4 Å². The quantitative estimate of drug-likeness (QED) is 0.313. The maximum Gasteiger partial charge on any atom is 0.338 e. The van der Waals surface area contributed by atoms with Gasteiger partial charge in [-0.3, -0.25) is 9.59 Å². The summed E-state index contributed by atoms with van der Waals surface area (Å²) in [5.41, 5.74) is 0.998. The Balaban J connectivity index is 1.46. The van der Waals surface area contributed by atoms with E-state index in [1.54, 1.807) is 12.1 Å². The highest BCUT2D eigenvalue weighted by atomic mass is 16.5. The lowest BCUT2D eigenvalue weighted by Crippen LogP contribution is -2.59. The molecule has 4 aliphatic rings. The molecule has 4 heteroatoms. The van der Waals surface area contributed by atoms with E-state index in [2.05, 4.69) is 55.4 Å². The van der Waals surface area contributed by atoms with Crippen LogP contribution < -0.4 is 0 Å². The third-order valence-electron chi connectivity index (χ3n) is 12.7. The van der Waals surface area contributed by atoms with Gasteiger partial charge in [-0.25, -0.2) is 4.79 Å². The maximum atomic E-state index is 14.4. The Bertz CT molecular complexity index is 1240. The van der Waals surface area contributed by atoms with Crippen LogP contribution in [0.15, 0.2) is 41.5 Å². The van der Waals surface area contributed by atoms with Gasteiger partial charge < -0.3 is 4.74 Å². The minimum absolute atomic E-state index is 0.0485. The number of Topliss-reactive ketones (excluding diaryl/α,β-unsaturated/α-hetero) is 2. The molecule has 5 rings (SSSR count). The predicted octanol–water partition coefficient (Wildman–Crippen LogP) is 8.78. The van der Waals surface area contributed by atoms with Gasteiger partial charge in [-0.05, 0) is 66.9 Å². The standard InChI is InChI=1S/C37H52O4/c1-23(2)13-12-14-24(3)26-17-20-36(7)32-27(38)21-29-34(4,5)30(41-33(40)25-15-10-9-11-16-25)18-19-35(29,6)31(32)28(39)22-37(26,36)8/h9-11,15-16,23-24,26,29-30H,12-14,17-22H2,1-8H3/t24-,26-,29-,30+,35+,36+,37-/m1/s1. The average molecular weight is 561 g/mol. The van der Waals surface area contributed by atoms with E-state index in [4.69, 9.17) is 4.74 Å². The van der Waals surface area contributed by atoms with Crippen molar-refractivity contribution >= 4 is 17.5 Å². The van der Waals surface area contributed by atoms with Gasteiger partial charge in [-0.2, -0.15) is 0 Å². The predicted molar refractivity (Wildman–Crippen MR) is 163 cm³/mol. The molecule has 4 nitrogen and oxygen atoms in total. The molecule has 1 aromatic rings. The number of ether oxygens (including phenoxy) is 1. The second-order valence-corrected chi connectivity index (χ2v) is 15.8. The number of ketones is 2. The number of rotatable bonds is 7. The molecule has 224 valence electrons. The number of hydrogen-bond acceptors (Lipinski definition) is 4. The molecule has 0 amide bonds. The molecule has 0 N–H and O–H groups in total. The molecule has 0 saturated heterocycles. The summed E-state index contributed by atoms with van der Waals surface area (Å²) in [6.45, 7) is 18.1. The van der Waals surface area contributed by atoms with Crippen molar-refractivity contribution in [3.05, 3.63) is 47.0 Å². The van der Waals surface area contributed by atoms with Crippen molar-refractivity contribution in [2.75, 3.05) is 0 Å². The van der Waals surface area contributed by atoms with Gasteiger partial charge in [0.2, 0.25) is 0 Å². The zero-order chi connectivity index (χ0) is 30.0. The molecular formula is C37H52O4. The summed E-state index contributed by atoms with van der Waals surface area (Å²) in [4.78, 5) is 41.7. The van der Waals surface area contributed by atoms with Crippen LogP contribution in [0.4, 0.5) is 0 Å². The summed E-state index contributed by atoms with van der Waals surface area (Å²) in [5, 5.41) is 0. The fourth-order valence-electron chi connectivity index (χ4n) is 10.1. The highest BCUT2D eigenvalue weighted by Crippen LogP contribution is 2.71. The van der Waals surface area contributed by atoms with Crippen LogP contribution in [0, 0.1) is 45.3 Å². The van der Waals surface area contributed by atoms with Crippen molar-refractivity contribution in [3.63, 3.8) is 0 Å². The minimum atomic E-state index is -0.434. The number of fused-ring (bicyclic) bond motifs is 4. The molecule has 0 aromatic heterocycles. The first-order valence-corrected chi connectivity index (χ1v) is 16.2. The van der Waals surface area contributed by atoms with Gasteiger partial charge in [0.1, 0.15) is 6.10 Å². The summed E-state index contributed by atoms with van der Waals surface area (Å²) < 4.78 is 6.13. The summed E-state index contributed by atoms with van der Waals surface area (Å²) in [6, 6.07) is 9.13. The van der Waals surface area contributed by atoms with Gasteiger partial charge in [0.05, 0.1) is 5.56 Å². The van der Waals surface area contributed by atoms with Crippen molar-refractivity contribution in [1.82, 2.24) is 0 Å². The van der Waals surface area contributed by atoms with Crippen molar-refractivity contribution in [3.8, 4) is 0 Å². The SMILES string of the molecule is CC(C)CCC[C@@H](C)[C@H]1CC[C@@]2(C)C3=C(C(=O)C[C@]12C)[C@@]1(C)CC[C@H](OC(=O)c2ccccc2)C(C)(C)[C@H]1CC3=O. The van der Waals surface area contributed by atoms with E-state index in [1.165, 1.54) is 19.3 Å². The van der Waals surface area contributed by atoms with E-state index in [0.29, 0.717) is 42.6 Å². The first-order valence-electron chi connectivity index (χ1n) is 16.2. The van der Waals surface area contributed by atoms with Crippen LogP contribution in [0.5, 0.6) is 0 Å². The van der Waals surface area contributed by atoms with E-state index >= 15 is 0 Å². The van der Waals surface area contributed by atoms with E-state index in [1.807, 2.05) is 18.2 Å². The van der Waals surface area contributed by atoms with E-state index < -0.39 is 5.41 Å². The number of carbonyl (C=O) groups is 3. The number of carbonyl (C=O) groups excluding carboxylic acids is 3. The third kappa shape index (κ3) is 4.67. The number of allylic oxidation sites excluding steroid dienone is 2. The minimum Gasteiger partial charge on any atom is -0.458 e. The van der Waals surface area contributed by atoms with Crippen molar-refractivity contribution in [2.45, 2.75) is 119 Å². The van der Waals surface area contributed by atoms with Crippen molar-refractivity contribution in [2.24, 2.45) is 45.3 Å². The third-order valence-corrected chi connectivity index (χ3v) is 12.7. The molecule has 4 aliphatic carbocycles. The monoisotopic (exact) mass is 560 g/mol. The molecule has 7 atom stereocenters. The molecular weight excluding hydrogens is 508 g/mol. The normalized spacial score (nSPS) is 37.0. The van der Waals surface area contributed by atoms with Crippen molar-refractivity contribution in [1.29, 1.82) is 0 Å². The van der Waals surface area contributed by atoms with Gasteiger partial charge in [-0.1, -0.05) is 92.9 Å². The van der Waals surface area contributed by atoms with Crippen LogP contribution in [0.25, 0.3) is 0 Å². The van der Waals surface area contributed by atoms with Crippen LogP contribution >= 0.6 is 0 Å². The Hall–Kier alpha value is -2.23. The van der Waals surface area contributed by atoms with Crippen LogP contribution in [0.2, 0.25) is 0 Å². The maximum absolute atomic E-state index is 14.4. The second-order valence-electron chi connectivity index (χ2n) is 15.8. The first-order chi connectivity index (χ1) is 19.2. The number of benzene rings is 1. The summed E-state index contributed by atoms with van der Waals surface area (Å²) in [6.07, 6.45) is 7.87. The average Bonchev–Trinajstić information content (AvgIpc) is 3.17. The highest BCUT2D eigenvalue weighted by molar-refractivity contribution is 6.11. The summed E-state index contributed by atoms with van der Waals surface area (Å²) in [7, 11) is 0. The molecule has 2 saturated carbocycles. The molecule has 1 aromatic carbocycles. The molecule has 0 unspecified atom stereocenters. The number of esters is 1. The molecule has 0 heterocycles. The van der Waals surface area contributed by atoms with Gasteiger partial charge in [-0.15, -0.1) is 0 Å². The Morgan fingerprint density at radius 1 is 0.902 bits per heavy atom. The molecule has 0 spiro atoms.